The summed E-state index contributed by atoms with van der Waals surface area (Å²) in [6.07, 6.45) is 0.861. The molecular formula is C28H38N4O4. The molecule has 0 aromatic heterocycles. The summed E-state index contributed by atoms with van der Waals surface area (Å²) in [7, 11) is 0. The lowest BCUT2D eigenvalue weighted by Gasteiger charge is -2.34. The highest BCUT2D eigenvalue weighted by Crippen LogP contribution is 2.34. The van der Waals surface area contributed by atoms with Crippen molar-refractivity contribution in [2.24, 2.45) is 5.92 Å². The van der Waals surface area contributed by atoms with Gasteiger partial charge in [0, 0.05) is 39.1 Å². The average molecular weight is 495 g/mol. The van der Waals surface area contributed by atoms with Crippen LogP contribution in [-0.2, 0) is 16.1 Å². The lowest BCUT2D eigenvalue weighted by molar-refractivity contribution is -0.125. The summed E-state index contributed by atoms with van der Waals surface area (Å²) in [5, 5.41) is 6.21. The molecule has 0 aliphatic carbocycles. The molecule has 1 unspecified atom stereocenters. The molecule has 0 radical (unpaired) electrons. The molecule has 2 aliphatic heterocycles. The molecule has 0 spiro atoms. The van der Waals surface area contributed by atoms with Gasteiger partial charge in [-0.3, -0.25) is 19.4 Å². The number of piperazine rings is 1. The first kappa shape index (κ1) is 26.0. The third-order valence-electron chi connectivity index (χ3n) is 6.65. The van der Waals surface area contributed by atoms with Crippen LogP contribution in [0.2, 0.25) is 0 Å². The Kier molecular flexibility index (Phi) is 9.19. The molecule has 8 heteroatoms. The number of ether oxygens (including phenoxy) is 2. The van der Waals surface area contributed by atoms with Crippen LogP contribution in [0.15, 0.2) is 48.5 Å². The molecule has 1 atom stereocenters. The highest BCUT2D eigenvalue weighted by molar-refractivity contribution is 5.79. The molecule has 8 nitrogen and oxygen atoms in total. The Bertz CT molecular complexity index is 1010. The molecule has 2 N–H and O–H groups in total. The number of rotatable bonds is 9. The zero-order chi connectivity index (χ0) is 25.3. The predicted octanol–water partition coefficient (Wildman–Crippen LogP) is 2.60. The third kappa shape index (κ3) is 7.45. The molecule has 194 valence electrons. The van der Waals surface area contributed by atoms with Gasteiger partial charge in [0.1, 0.15) is 0 Å². The monoisotopic (exact) mass is 494 g/mol. The van der Waals surface area contributed by atoms with Crippen LogP contribution in [0.25, 0.3) is 0 Å². The number of fused-ring (bicyclic) bond motifs is 1. The number of amides is 2. The van der Waals surface area contributed by atoms with Crippen molar-refractivity contribution in [2.45, 2.75) is 32.9 Å². The van der Waals surface area contributed by atoms with Gasteiger partial charge < -0.3 is 20.1 Å². The second-order valence-corrected chi connectivity index (χ2v) is 9.86. The average Bonchev–Trinajstić information content (AvgIpc) is 3.13. The topological polar surface area (TPSA) is 83.1 Å². The highest BCUT2D eigenvalue weighted by Gasteiger charge is 2.24. The van der Waals surface area contributed by atoms with Crippen molar-refractivity contribution in [3.8, 4) is 11.5 Å². The van der Waals surface area contributed by atoms with Gasteiger partial charge in [-0.05, 0) is 29.2 Å². The van der Waals surface area contributed by atoms with Crippen LogP contribution in [0, 0.1) is 5.92 Å². The van der Waals surface area contributed by atoms with E-state index in [4.69, 9.17) is 9.47 Å². The molecule has 2 amide bonds. The summed E-state index contributed by atoms with van der Waals surface area (Å²) in [4.78, 5) is 29.6. The first-order valence-corrected chi connectivity index (χ1v) is 12.9. The van der Waals surface area contributed by atoms with Crippen molar-refractivity contribution in [2.75, 3.05) is 52.5 Å². The Morgan fingerprint density at radius 2 is 1.50 bits per heavy atom. The standard InChI is InChI=1S/C28H38N4O4/c1-21(2)28(23-9-10-24-25(17-23)36-16-6-15-35-24)30-27(34)20-32-13-11-31(12-14-32)19-26(33)29-18-22-7-4-3-5-8-22/h3-5,7-10,17,21,28H,6,11-16,18-20H2,1-2H3,(H,29,33)(H,30,34). The number of nitrogens with one attached hydrogen (secondary N) is 2. The van der Waals surface area contributed by atoms with Crippen molar-refractivity contribution in [3.05, 3.63) is 59.7 Å². The second-order valence-electron chi connectivity index (χ2n) is 9.86. The minimum Gasteiger partial charge on any atom is -0.490 e. The van der Waals surface area contributed by atoms with E-state index in [9.17, 15) is 9.59 Å². The molecule has 2 heterocycles. The number of benzene rings is 2. The molecule has 36 heavy (non-hydrogen) atoms. The summed E-state index contributed by atoms with van der Waals surface area (Å²) >= 11 is 0. The number of nitrogens with zero attached hydrogens (tertiary/aromatic N) is 2. The smallest absolute Gasteiger partial charge is 0.234 e. The van der Waals surface area contributed by atoms with Gasteiger partial charge >= 0.3 is 0 Å². The van der Waals surface area contributed by atoms with E-state index in [-0.39, 0.29) is 23.8 Å². The van der Waals surface area contributed by atoms with Crippen molar-refractivity contribution in [1.29, 1.82) is 0 Å². The predicted molar refractivity (Wildman–Crippen MR) is 139 cm³/mol. The maximum absolute atomic E-state index is 12.9. The Balaban J connectivity index is 1.22. The van der Waals surface area contributed by atoms with E-state index in [1.54, 1.807) is 0 Å². The quantitative estimate of drug-likeness (QED) is 0.558. The molecular weight excluding hydrogens is 456 g/mol. The Morgan fingerprint density at radius 3 is 2.17 bits per heavy atom. The number of carbonyl (C=O) groups excluding carboxylic acids is 2. The molecule has 2 aromatic carbocycles. The van der Waals surface area contributed by atoms with Gasteiger partial charge in [-0.1, -0.05) is 50.2 Å². The summed E-state index contributed by atoms with van der Waals surface area (Å²) < 4.78 is 11.6. The Hall–Kier alpha value is -3.10. The van der Waals surface area contributed by atoms with Gasteiger partial charge in [0.2, 0.25) is 11.8 Å². The molecule has 2 aliphatic rings. The van der Waals surface area contributed by atoms with Gasteiger partial charge in [0.25, 0.3) is 0 Å². The third-order valence-corrected chi connectivity index (χ3v) is 6.65. The van der Waals surface area contributed by atoms with Crippen molar-refractivity contribution >= 4 is 11.8 Å². The Labute approximate surface area is 213 Å². The largest absolute Gasteiger partial charge is 0.490 e. The SMILES string of the molecule is CC(C)C(NC(=O)CN1CCN(CC(=O)NCc2ccccc2)CC1)c1ccc2c(c1)OCCCO2. The van der Waals surface area contributed by atoms with E-state index < -0.39 is 0 Å². The minimum absolute atomic E-state index is 0.00913. The zero-order valence-corrected chi connectivity index (χ0v) is 21.4. The van der Waals surface area contributed by atoms with Crippen LogP contribution in [0.4, 0.5) is 0 Å². The highest BCUT2D eigenvalue weighted by atomic mass is 16.5. The minimum atomic E-state index is -0.107. The van der Waals surface area contributed by atoms with Crippen LogP contribution < -0.4 is 20.1 Å². The fourth-order valence-electron chi connectivity index (χ4n) is 4.59. The Morgan fingerprint density at radius 1 is 0.861 bits per heavy atom. The molecule has 1 fully saturated rings. The molecule has 2 aromatic rings. The van der Waals surface area contributed by atoms with Crippen molar-refractivity contribution in [1.82, 2.24) is 20.4 Å². The van der Waals surface area contributed by atoms with Gasteiger partial charge in [-0.2, -0.15) is 0 Å². The first-order valence-electron chi connectivity index (χ1n) is 12.9. The summed E-state index contributed by atoms with van der Waals surface area (Å²) in [5.74, 6) is 1.77. The number of hydrogen-bond donors (Lipinski definition) is 2. The maximum atomic E-state index is 12.9. The summed E-state index contributed by atoms with van der Waals surface area (Å²) in [6.45, 7) is 9.83. The lowest BCUT2D eigenvalue weighted by atomic mass is 9.95. The van der Waals surface area contributed by atoms with E-state index in [1.807, 2.05) is 48.5 Å². The van der Waals surface area contributed by atoms with Crippen LogP contribution >= 0.6 is 0 Å². The van der Waals surface area contributed by atoms with Crippen LogP contribution in [0.5, 0.6) is 11.5 Å². The van der Waals surface area contributed by atoms with Gasteiger partial charge in [-0.15, -0.1) is 0 Å². The zero-order valence-electron chi connectivity index (χ0n) is 21.4. The summed E-state index contributed by atoms with van der Waals surface area (Å²) in [5.41, 5.74) is 2.11. The van der Waals surface area contributed by atoms with E-state index >= 15 is 0 Å². The van der Waals surface area contributed by atoms with Gasteiger partial charge in [-0.25, -0.2) is 0 Å². The normalized spacial score (nSPS) is 17.3. The first-order chi connectivity index (χ1) is 17.5. The van der Waals surface area contributed by atoms with E-state index in [1.165, 1.54) is 0 Å². The summed E-state index contributed by atoms with van der Waals surface area (Å²) in [6, 6.07) is 15.7. The van der Waals surface area contributed by atoms with Crippen LogP contribution in [0.3, 0.4) is 0 Å². The second kappa shape index (κ2) is 12.7. The molecule has 0 saturated carbocycles. The molecule has 4 rings (SSSR count). The van der Waals surface area contributed by atoms with E-state index in [0.717, 1.165) is 55.2 Å². The fraction of sp³-hybridized carbons (Fsp3) is 0.500. The van der Waals surface area contributed by atoms with E-state index in [2.05, 4.69) is 34.3 Å². The van der Waals surface area contributed by atoms with E-state index in [0.29, 0.717) is 32.8 Å². The van der Waals surface area contributed by atoms with Gasteiger partial charge in [0.05, 0.1) is 32.3 Å². The van der Waals surface area contributed by atoms with Gasteiger partial charge in [0.15, 0.2) is 11.5 Å². The molecule has 1 saturated heterocycles. The van der Waals surface area contributed by atoms with Crippen LogP contribution in [0.1, 0.15) is 37.4 Å². The fourth-order valence-corrected chi connectivity index (χ4v) is 4.59. The maximum Gasteiger partial charge on any atom is 0.234 e. The number of hydrogen-bond acceptors (Lipinski definition) is 6. The van der Waals surface area contributed by atoms with Crippen molar-refractivity contribution < 1.29 is 19.1 Å². The van der Waals surface area contributed by atoms with Crippen molar-refractivity contribution in [3.63, 3.8) is 0 Å². The molecule has 0 bridgehead atoms. The number of carbonyl (C=O) groups is 2. The lowest BCUT2D eigenvalue weighted by Crippen LogP contribution is -2.51. The van der Waals surface area contributed by atoms with Crippen LogP contribution in [-0.4, -0.2) is 74.1 Å².